The van der Waals surface area contributed by atoms with Crippen LogP contribution in [0.15, 0.2) is 53.4 Å². The third kappa shape index (κ3) is 2.90. The molecule has 2 aromatic carbocycles. The maximum Gasteiger partial charge on any atom is 0.235 e. The fourth-order valence-electron chi connectivity index (χ4n) is 1.94. The summed E-state index contributed by atoms with van der Waals surface area (Å²) in [6.07, 6.45) is 0. The van der Waals surface area contributed by atoms with Crippen LogP contribution in [0.25, 0.3) is 11.1 Å². The quantitative estimate of drug-likeness (QED) is 0.837. The number of hydrogen-bond acceptors (Lipinski definition) is 4. The second kappa shape index (κ2) is 5.57. The number of nitrogens with two attached hydrogens (primary N) is 2. The number of sulfone groups is 1. The Labute approximate surface area is 123 Å². The highest BCUT2D eigenvalue weighted by Gasteiger charge is 2.27. The first-order valence-corrected chi connectivity index (χ1v) is 7.87. The van der Waals surface area contributed by atoms with Gasteiger partial charge < -0.3 is 11.5 Å². The van der Waals surface area contributed by atoms with Crippen molar-refractivity contribution in [3.05, 3.63) is 48.5 Å². The molecule has 0 bridgehead atoms. The van der Waals surface area contributed by atoms with E-state index in [1.165, 1.54) is 19.1 Å². The lowest BCUT2D eigenvalue weighted by Gasteiger charge is -2.11. The van der Waals surface area contributed by atoms with Gasteiger partial charge >= 0.3 is 0 Å². The van der Waals surface area contributed by atoms with Crippen LogP contribution in [0.1, 0.15) is 6.92 Å². The molecule has 0 aliphatic heterocycles. The van der Waals surface area contributed by atoms with Crippen LogP contribution in [0, 0.1) is 0 Å². The number of hydrogen-bond donors (Lipinski definition) is 2. The minimum absolute atomic E-state index is 0.0621. The summed E-state index contributed by atoms with van der Waals surface area (Å²) in [6.45, 7) is 1.28. The fourth-order valence-corrected chi connectivity index (χ4v) is 3.17. The van der Waals surface area contributed by atoms with E-state index in [-0.39, 0.29) is 4.90 Å². The topological polar surface area (TPSA) is 103 Å². The maximum atomic E-state index is 12.2. The zero-order valence-corrected chi connectivity index (χ0v) is 12.3. The molecule has 0 radical (unpaired) electrons. The molecule has 0 aromatic heterocycles. The van der Waals surface area contributed by atoms with E-state index >= 15 is 0 Å². The maximum absolute atomic E-state index is 12.2. The summed E-state index contributed by atoms with van der Waals surface area (Å²) in [5.41, 5.74) is 13.2. The van der Waals surface area contributed by atoms with Crippen molar-refractivity contribution in [2.75, 3.05) is 5.73 Å². The van der Waals surface area contributed by atoms with Crippen molar-refractivity contribution < 1.29 is 13.2 Å². The summed E-state index contributed by atoms with van der Waals surface area (Å²) >= 11 is 0. The first kappa shape index (κ1) is 15.1. The normalized spacial score (nSPS) is 12.8. The molecule has 2 rings (SSSR count). The van der Waals surface area contributed by atoms with Gasteiger partial charge in [0.2, 0.25) is 5.91 Å². The summed E-state index contributed by atoms with van der Waals surface area (Å²) in [6, 6.07) is 13.5. The first-order valence-electron chi connectivity index (χ1n) is 6.32. The number of para-hydroxylation sites is 1. The van der Waals surface area contributed by atoms with E-state index < -0.39 is 21.0 Å². The van der Waals surface area contributed by atoms with Crippen LogP contribution in [-0.2, 0) is 14.6 Å². The van der Waals surface area contributed by atoms with E-state index in [0.717, 1.165) is 11.1 Å². The molecular formula is C15H16N2O3S. The van der Waals surface area contributed by atoms with Gasteiger partial charge in [0.05, 0.1) is 4.90 Å². The van der Waals surface area contributed by atoms with Gasteiger partial charge in [0.1, 0.15) is 5.25 Å². The predicted octanol–water partition coefficient (Wildman–Crippen LogP) is 1.58. The molecule has 6 heteroatoms. The Morgan fingerprint density at radius 1 is 1.05 bits per heavy atom. The number of primary amides is 1. The summed E-state index contributed by atoms with van der Waals surface area (Å²) < 4.78 is 24.3. The monoisotopic (exact) mass is 304 g/mol. The van der Waals surface area contributed by atoms with E-state index in [2.05, 4.69) is 0 Å². The number of nitrogen functional groups attached to an aromatic ring is 1. The van der Waals surface area contributed by atoms with Crippen molar-refractivity contribution in [1.82, 2.24) is 0 Å². The van der Waals surface area contributed by atoms with Gasteiger partial charge in [0.15, 0.2) is 9.84 Å². The smallest absolute Gasteiger partial charge is 0.235 e. The van der Waals surface area contributed by atoms with Gasteiger partial charge in [-0.15, -0.1) is 0 Å². The molecule has 1 unspecified atom stereocenters. The molecule has 1 atom stereocenters. The second-order valence-corrected chi connectivity index (χ2v) is 6.97. The fraction of sp³-hybridized carbons (Fsp3) is 0.133. The van der Waals surface area contributed by atoms with Crippen LogP contribution in [0.4, 0.5) is 5.69 Å². The lowest BCUT2D eigenvalue weighted by Crippen LogP contribution is -2.33. The van der Waals surface area contributed by atoms with Crippen LogP contribution < -0.4 is 11.5 Å². The molecule has 0 aliphatic rings. The van der Waals surface area contributed by atoms with Gasteiger partial charge in [-0.3, -0.25) is 4.79 Å². The Morgan fingerprint density at radius 2 is 1.62 bits per heavy atom. The molecule has 0 saturated carbocycles. The minimum Gasteiger partial charge on any atom is -0.398 e. The van der Waals surface area contributed by atoms with Crippen molar-refractivity contribution in [3.63, 3.8) is 0 Å². The summed E-state index contributed by atoms with van der Waals surface area (Å²) in [4.78, 5) is 11.1. The Kier molecular flexibility index (Phi) is 3.99. The average molecular weight is 304 g/mol. The standard InChI is InChI=1S/C15H16N2O3S/c1-10(15(17)18)21(19,20)12-8-6-11(7-9-12)13-4-2-3-5-14(13)16/h2-10H,16H2,1H3,(H2,17,18). The zero-order chi connectivity index (χ0) is 15.6. The van der Waals surface area contributed by atoms with E-state index in [1.807, 2.05) is 18.2 Å². The highest BCUT2D eigenvalue weighted by Crippen LogP contribution is 2.27. The molecule has 0 fully saturated rings. The molecule has 1 amide bonds. The number of amides is 1. The second-order valence-electron chi connectivity index (χ2n) is 4.70. The van der Waals surface area contributed by atoms with Crippen molar-refractivity contribution in [1.29, 1.82) is 0 Å². The lowest BCUT2D eigenvalue weighted by atomic mass is 10.0. The Morgan fingerprint density at radius 3 is 2.14 bits per heavy atom. The molecule has 0 heterocycles. The molecule has 0 spiro atoms. The average Bonchev–Trinajstić information content (AvgIpc) is 2.47. The van der Waals surface area contributed by atoms with Crippen molar-refractivity contribution in [3.8, 4) is 11.1 Å². The highest BCUT2D eigenvalue weighted by molar-refractivity contribution is 7.92. The number of rotatable bonds is 4. The summed E-state index contributed by atoms with van der Waals surface area (Å²) in [5.74, 6) is -0.869. The summed E-state index contributed by atoms with van der Waals surface area (Å²) in [7, 11) is -3.75. The van der Waals surface area contributed by atoms with Gasteiger partial charge in [-0.25, -0.2) is 8.42 Å². The number of anilines is 1. The SMILES string of the molecule is CC(C(N)=O)S(=O)(=O)c1ccc(-c2ccccc2N)cc1. The van der Waals surface area contributed by atoms with Crippen molar-refractivity contribution in [2.24, 2.45) is 5.73 Å². The van der Waals surface area contributed by atoms with E-state index in [4.69, 9.17) is 11.5 Å². The Hall–Kier alpha value is -2.34. The number of benzene rings is 2. The third-order valence-corrected chi connectivity index (χ3v) is 5.41. The van der Waals surface area contributed by atoms with Crippen molar-refractivity contribution in [2.45, 2.75) is 17.1 Å². The van der Waals surface area contributed by atoms with E-state index in [0.29, 0.717) is 5.69 Å². The molecule has 21 heavy (non-hydrogen) atoms. The van der Waals surface area contributed by atoms with Crippen LogP contribution in [-0.4, -0.2) is 19.6 Å². The summed E-state index contributed by atoms with van der Waals surface area (Å²) in [5, 5.41) is -1.26. The largest absolute Gasteiger partial charge is 0.398 e. The van der Waals surface area contributed by atoms with Gasteiger partial charge in [-0.2, -0.15) is 0 Å². The molecule has 0 saturated heterocycles. The molecule has 110 valence electrons. The van der Waals surface area contributed by atoms with E-state index in [1.54, 1.807) is 18.2 Å². The van der Waals surface area contributed by atoms with Crippen LogP contribution in [0.3, 0.4) is 0 Å². The minimum atomic E-state index is -3.75. The molecule has 4 N–H and O–H groups in total. The van der Waals surface area contributed by atoms with Crippen LogP contribution in [0.5, 0.6) is 0 Å². The number of carbonyl (C=O) groups is 1. The zero-order valence-electron chi connectivity index (χ0n) is 11.5. The van der Waals surface area contributed by atoms with Crippen LogP contribution >= 0.6 is 0 Å². The lowest BCUT2D eigenvalue weighted by molar-refractivity contribution is -0.117. The Bertz CT molecular complexity index is 768. The van der Waals surface area contributed by atoms with Gasteiger partial charge in [0.25, 0.3) is 0 Å². The van der Waals surface area contributed by atoms with Gasteiger partial charge in [-0.05, 0) is 30.7 Å². The van der Waals surface area contributed by atoms with E-state index in [9.17, 15) is 13.2 Å². The molecule has 5 nitrogen and oxygen atoms in total. The molecule has 0 aliphatic carbocycles. The Balaban J connectivity index is 2.41. The van der Waals surface area contributed by atoms with Gasteiger partial charge in [0, 0.05) is 11.3 Å². The molecular weight excluding hydrogens is 288 g/mol. The van der Waals surface area contributed by atoms with Crippen molar-refractivity contribution >= 4 is 21.4 Å². The highest BCUT2D eigenvalue weighted by atomic mass is 32.2. The first-order chi connectivity index (χ1) is 9.84. The predicted molar refractivity (Wildman–Crippen MR) is 82.1 cm³/mol. The van der Waals surface area contributed by atoms with Crippen LogP contribution in [0.2, 0.25) is 0 Å². The van der Waals surface area contributed by atoms with Gasteiger partial charge in [-0.1, -0.05) is 30.3 Å². The third-order valence-electron chi connectivity index (χ3n) is 3.32. The molecule has 2 aromatic rings. The number of carbonyl (C=O) groups excluding carboxylic acids is 1.